The van der Waals surface area contributed by atoms with Crippen molar-refractivity contribution in [2.24, 2.45) is 16.8 Å². The number of fused-ring (bicyclic) bond motifs is 1. The quantitative estimate of drug-likeness (QED) is 0.469. The minimum Gasteiger partial charge on any atom is -0.302 e. The monoisotopic (exact) mass is 315 g/mol. The van der Waals surface area contributed by atoms with Crippen LogP contribution < -0.4 is 5.48 Å². The number of carbonyl (C=O) groups excluding carboxylic acids is 2. The lowest BCUT2D eigenvalue weighted by Crippen LogP contribution is -2.45. The van der Waals surface area contributed by atoms with Gasteiger partial charge < -0.3 is 4.90 Å². The molecule has 122 valence electrons. The van der Waals surface area contributed by atoms with Crippen LogP contribution in [-0.2, 0) is 9.59 Å². The lowest BCUT2D eigenvalue weighted by molar-refractivity contribution is -0.131. The Bertz CT molecular complexity index is 600. The SMILES string of the molecule is O=C(/C=C/C1=CC2C(=O)N(CC3CCCC3)C=NC2C=C1)NO. The molecule has 1 aliphatic heterocycles. The topological polar surface area (TPSA) is 82.0 Å². The number of allylic oxidation sites excluding steroid dienone is 3. The van der Waals surface area contributed by atoms with Gasteiger partial charge in [-0.3, -0.25) is 19.8 Å². The van der Waals surface area contributed by atoms with Crippen LogP contribution in [0.2, 0.25) is 0 Å². The van der Waals surface area contributed by atoms with Crippen molar-refractivity contribution in [2.45, 2.75) is 31.7 Å². The molecule has 3 aliphatic rings. The summed E-state index contributed by atoms with van der Waals surface area (Å²) in [5.74, 6) is -0.267. The Balaban J connectivity index is 1.70. The standard InChI is InChI=1S/C17H21N3O3/c21-16(19-23)8-6-12-5-7-15-14(9-12)17(22)20(11-18-15)10-13-3-1-2-4-13/h5-9,11,13-15,23H,1-4,10H2,(H,19,21)/b8-6+. The normalized spacial score (nSPS) is 27.4. The number of hydrogen-bond acceptors (Lipinski definition) is 4. The van der Waals surface area contributed by atoms with E-state index in [4.69, 9.17) is 5.21 Å². The van der Waals surface area contributed by atoms with Crippen molar-refractivity contribution in [2.75, 3.05) is 6.54 Å². The van der Waals surface area contributed by atoms with Gasteiger partial charge in [-0.15, -0.1) is 0 Å². The van der Waals surface area contributed by atoms with Crippen LogP contribution in [0, 0.1) is 11.8 Å². The number of hydroxylamine groups is 1. The molecule has 1 heterocycles. The van der Waals surface area contributed by atoms with Gasteiger partial charge in [-0.05, 0) is 30.4 Å². The van der Waals surface area contributed by atoms with Crippen molar-refractivity contribution in [3.8, 4) is 0 Å². The first kappa shape index (κ1) is 15.7. The molecule has 0 bridgehead atoms. The van der Waals surface area contributed by atoms with E-state index >= 15 is 0 Å². The number of amides is 2. The first-order valence-electron chi connectivity index (χ1n) is 8.03. The van der Waals surface area contributed by atoms with Crippen molar-refractivity contribution in [1.29, 1.82) is 0 Å². The van der Waals surface area contributed by atoms with Crippen LogP contribution in [0.3, 0.4) is 0 Å². The van der Waals surface area contributed by atoms with E-state index in [2.05, 4.69) is 4.99 Å². The van der Waals surface area contributed by atoms with Crippen molar-refractivity contribution in [3.63, 3.8) is 0 Å². The second kappa shape index (κ2) is 6.91. The molecule has 1 saturated carbocycles. The van der Waals surface area contributed by atoms with Crippen molar-refractivity contribution < 1.29 is 14.8 Å². The molecule has 1 fully saturated rings. The van der Waals surface area contributed by atoms with E-state index in [0.29, 0.717) is 5.92 Å². The zero-order chi connectivity index (χ0) is 16.2. The third kappa shape index (κ3) is 3.59. The smallest absolute Gasteiger partial charge is 0.267 e. The predicted octanol–water partition coefficient (Wildman–Crippen LogP) is 1.59. The third-order valence-corrected chi connectivity index (χ3v) is 4.64. The fourth-order valence-corrected chi connectivity index (χ4v) is 3.39. The number of carbonyl (C=O) groups is 2. The molecule has 23 heavy (non-hydrogen) atoms. The lowest BCUT2D eigenvalue weighted by Gasteiger charge is -2.32. The molecular formula is C17H21N3O3. The Hall–Kier alpha value is -2.21. The number of nitrogens with one attached hydrogen (secondary N) is 1. The van der Waals surface area contributed by atoms with E-state index in [9.17, 15) is 9.59 Å². The van der Waals surface area contributed by atoms with E-state index in [-0.39, 0.29) is 17.9 Å². The van der Waals surface area contributed by atoms with Crippen LogP contribution in [0.15, 0.2) is 40.9 Å². The number of hydrogen-bond donors (Lipinski definition) is 2. The van der Waals surface area contributed by atoms with Crippen molar-refractivity contribution in [1.82, 2.24) is 10.4 Å². The molecule has 6 heteroatoms. The van der Waals surface area contributed by atoms with Crippen LogP contribution in [0.4, 0.5) is 0 Å². The van der Waals surface area contributed by atoms with Crippen molar-refractivity contribution >= 4 is 18.2 Å². The molecule has 0 saturated heterocycles. The van der Waals surface area contributed by atoms with Gasteiger partial charge >= 0.3 is 0 Å². The molecule has 3 rings (SSSR count). The first-order chi connectivity index (χ1) is 11.2. The van der Waals surface area contributed by atoms with Gasteiger partial charge in [0.15, 0.2) is 0 Å². The number of aliphatic imine (C=N–C) groups is 1. The fourth-order valence-electron chi connectivity index (χ4n) is 3.39. The maximum Gasteiger partial charge on any atom is 0.267 e. The largest absolute Gasteiger partial charge is 0.302 e. The summed E-state index contributed by atoms with van der Waals surface area (Å²) < 4.78 is 0. The highest BCUT2D eigenvalue weighted by Crippen LogP contribution is 2.29. The number of nitrogens with zero attached hydrogens (tertiary/aromatic N) is 2. The summed E-state index contributed by atoms with van der Waals surface area (Å²) in [5.41, 5.74) is 2.31. The van der Waals surface area contributed by atoms with Gasteiger partial charge in [0.05, 0.1) is 18.3 Å². The van der Waals surface area contributed by atoms with Gasteiger partial charge in [-0.2, -0.15) is 0 Å². The maximum atomic E-state index is 12.7. The average Bonchev–Trinajstić information content (AvgIpc) is 3.08. The molecule has 2 unspecified atom stereocenters. The van der Waals surface area contributed by atoms with Gasteiger partial charge in [0.1, 0.15) is 0 Å². The third-order valence-electron chi connectivity index (χ3n) is 4.64. The maximum absolute atomic E-state index is 12.7. The Labute approximate surface area is 135 Å². The number of rotatable bonds is 4. The summed E-state index contributed by atoms with van der Waals surface area (Å²) in [6, 6.07) is -0.161. The van der Waals surface area contributed by atoms with Crippen LogP contribution in [-0.4, -0.2) is 40.8 Å². The highest BCUT2D eigenvalue weighted by atomic mass is 16.5. The Kier molecular flexibility index (Phi) is 4.71. The summed E-state index contributed by atoms with van der Waals surface area (Å²) >= 11 is 0. The zero-order valence-corrected chi connectivity index (χ0v) is 12.9. The minimum absolute atomic E-state index is 0.0683. The highest BCUT2D eigenvalue weighted by molar-refractivity contribution is 5.94. The molecule has 0 spiro atoms. The molecule has 2 aliphatic carbocycles. The van der Waals surface area contributed by atoms with Gasteiger partial charge in [0, 0.05) is 12.6 Å². The summed E-state index contributed by atoms with van der Waals surface area (Å²) in [4.78, 5) is 30.0. The second-order valence-electron chi connectivity index (χ2n) is 6.26. The molecule has 2 N–H and O–H groups in total. The van der Waals surface area contributed by atoms with E-state index in [1.807, 2.05) is 18.2 Å². The van der Waals surface area contributed by atoms with Gasteiger partial charge in [-0.25, -0.2) is 5.48 Å². The van der Waals surface area contributed by atoms with E-state index in [1.54, 1.807) is 22.8 Å². The molecule has 0 radical (unpaired) electrons. The van der Waals surface area contributed by atoms with E-state index in [1.165, 1.54) is 31.8 Å². The summed E-state index contributed by atoms with van der Waals surface area (Å²) in [5, 5.41) is 8.50. The summed E-state index contributed by atoms with van der Waals surface area (Å²) in [6.45, 7) is 0.751. The summed E-state index contributed by atoms with van der Waals surface area (Å²) in [6.07, 6.45) is 14.9. The Morgan fingerprint density at radius 1 is 1.43 bits per heavy atom. The van der Waals surface area contributed by atoms with Crippen LogP contribution in [0.5, 0.6) is 0 Å². The predicted molar refractivity (Wildman–Crippen MR) is 85.7 cm³/mol. The van der Waals surface area contributed by atoms with Crippen LogP contribution >= 0.6 is 0 Å². The molecule has 2 atom stereocenters. The Morgan fingerprint density at radius 2 is 2.22 bits per heavy atom. The molecule has 2 amide bonds. The van der Waals surface area contributed by atoms with E-state index in [0.717, 1.165) is 12.1 Å². The first-order valence-corrected chi connectivity index (χ1v) is 8.03. The molecule has 0 aromatic rings. The highest BCUT2D eigenvalue weighted by Gasteiger charge is 2.34. The van der Waals surface area contributed by atoms with Crippen LogP contribution in [0.1, 0.15) is 25.7 Å². The van der Waals surface area contributed by atoms with Crippen molar-refractivity contribution in [3.05, 3.63) is 36.0 Å². The van der Waals surface area contributed by atoms with Gasteiger partial charge in [-0.1, -0.05) is 31.1 Å². The summed E-state index contributed by atoms with van der Waals surface area (Å²) in [7, 11) is 0. The Morgan fingerprint density at radius 3 is 2.96 bits per heavy atom. The zero-order valence-electron chi connectivity index (χ0n) is 12.9. The molecular weight excluding hydrogens is 294 g/mol. The van der Waals surface area contributed by atoms with Crippen LogP contribution in [0.25, 0.3) is 0 Å². The molecule has 0 aromatic carbocycles. The van der Waals surface area contributed by atoms with Gasteiger partial charge in [0.2, 0.25) is 5.91 Å². The van der Waals surface area contributed by atoms with E-state index < -0.39 is 5.91 Å². The lowest BCUT2D eigenvalue weighted by atomic mass is 9.89. The average molecular weight is 315 g/mol. The minimum atomic E-state index is -0.600. The fraction of sp³-hybridized carbons (Fsp3) is 0.471. The van der Waals surface area contributed by atoms with Gasteiger partial charge in [0.25, 0.3) is 5.91 Å². The molecule has 6 nitrogen and oxygen atoms in total. The molecule has 0 aromatic heterocycles. The second-order valence-corrected chi connectivity index (χ2v) is 6.26.